The number of hydrogen-bond acceptors (Lipinski definition) is 5. The van der Waals surface area contributed by atoms with E-state index < -0.39 is 6.04 Å². The third-order valence-electron chi connectivity index (χ3n) is 6.07. The van der Waals surface area contributed by atoms with Crippen molar-refractivity contribution in [3.63, 3.8) is 0 Å². The van der Waals surface area contributed by atoms with Crippen molar-refractivity contribution >= 4 is 23.6 Å². The molecule has 0 bridgehead atoms. The number of likely N-dealkylation sites (tertiary alicyclic amines) is 1. The topological polar surface area (TPSA) is 70.7 Å². The minimum Gasteiger partial charge on any atom is -0.496 e. The molecule has 3 rings (SSSR count). The van der Waals surface area contributed by atoms with Crippen LogP contribution in [0.3, 0.4) is 0 Å². The van der Waals surface area contributed by atoms with Crippen molar-refractivity contribution in [3.8, 4) is 5.75 Å². The van der Waals surface area contributed by atoms with Crippen LogP contribution in [0.15, 0.2) is 54.6 Å². The summed E-state index contributed by atoms with van der Waals surface area (Å²) >= 11 is 1.66. The van der Waals surface area contributed by atoms with E-state index in [4.69, 9.17) is 4.74 Å². The van der Waals surface area contributed by atoms with Crippen molar-refractivity contribution in [1.29, 1.82) is 0 Å². The zero-order chi connectivity index (χ0) is 23.5. The van der Waals surface area contributed by atoms with Crippen LogP contribution in [0.1, 0.15) is 41.6 Å². The van der Waals surface area contributed by atoms with Crippen LogP contribution in [0.2, 0.25) is 0 Å². The highest BCUT2D eigenvalue weighted by Crippen LogP contribution is 2.20. The Kier molecular flexibility index (Phi) is 10.1. The molecule has 1 aliphatic rings. The summed E-state index contributed by atoms with van der Waals surface area (Å²) in [6.45, 7) is 2.52. The molecule has 2 unspecified atom stereocenters. The molecule has 1 saturated heterocycles. The van der Waals surface area contributed by atoms with E-state index in [0.29, 0.717) is 30.3 Å². The number of benzene rings is 2. The van der Waals surface area contributed by atoms with Crippen molar-refractivity contribution in [1.82, 2.24) is 15.5 Å². The van der Waals surface area contributed by atoms with Crippen LogP contribution in [0.4, 0.5) is 0 Å². The third kappa shape index (κ3) is 7.51. The number of carbonyl (C=O) groups is 2. The van der Waals surface area contributed by atoms with Crippen molar-refractivity contribution in [2.24, 2.45) is 0 Å². The highest BCUT2D eigenvalue weighted by Gasteiger charge is 2.26. The molecule has 0 spiro atoms. The third-order valence-corrected chi connectivity index (χ3v) is 6.72. The predicted molar refractivity (Wildman–Crippen MR) is 135 cm³/mol. The zero-order valence-electron chi connectivity index (χ0n) is 19.6. The molecule has 1 fully saturated rings. The maximum atomic E-state index is 13.1. The lowest BCUT2D eigenvalue weighted by Gasteiger charge is -2.36. The summed E-state index contributed by atoms with van der Waals surface area (Å²) in [5, 5.41) is 6.05. The average Bonchev–Trinajstić information content (AvgIpc) is 2.86. The van der Waals surface area contributed by atoms with Gasteiger partial charge in [0.25, 0.3) is 5.91 Å². The Morgan fingerprint density at radius 3 is 2.64 bits per heavy atom. The standard InChI is InChI=1S/C26H35N3O3S/c1-32-24-14-7-6-13-22(24)25(30)28-23(15-17-33-2)26(31)27-18-21-12-8-9-16-29(21)19-20-10-4-3-5-11-20/h3-7,10-11,13-14,21,23H,8-9,12,15-19H2,1-2H3,(H,27,31)(H,28,30). The highest BCUT2D eigenvalue weighted by atomic mass is 32.2. The lowest BCUT2D eigenvalue weighted by atomic mass is 10.0. The van der Waals surface area contributed by atoms with Gasteiger partial charge in [-0.3, -0.25) is 14.5 Å². The minimum absolute atomic E-state index is 0.127. The Bertz CT molecular complexity index is 893. The van der Waals surface area contributed by atoms with E-state index in [-0.39, 0.29) is 11.8 Å². The smallest absolute Gasteiger partial charge is 0.255 e. The second kappa shape index (κ2) is 13.3. The van der Waals surface area contributed by atoms with Gasteiger partial charge in [-0.25, -0.2) is 0 Å². The van der Waals surface area contributed by atoms with Crippen molar-refractivity contribution < 1.29 is 14.3 Å². The van der Waals surface area contributed by atoms with E-state index in [2.05, 4.69) is 39.8 Å². The SMILES string of the molecule is COc1ccccc1C(=O)NC(CCSC)C(=O)NCC1CCCCN1Cc1ccccc1. The van der Waals surface area contributed by atoms with E-state index in [1.165, 1.54) is 25.5 Å². The molecule has 2 atom stereocenters. The van der Waals surface area contributed by atoms with Crippen LogP contribution >= 0.6 is 11.8 Å². The first-order valence-electron chi connectivity index (χ1n) is 11.6. The van der Waals surface area contributed by atoms with Crippen molar-refractivity contribution in [2.45, 2.75) is 44.3 Å². The number of ether oxygens (including phenoxy) is 1. The number of nitrogens with zero attached hydrogens (tertiary/aromatic N) is 1. The second-order valence-electron chi connectivity index (χ2n) is 8.36. The second-order valence-corrected chi connectivity index (χ2v) is 9.34. The first kappa shape index (κ1) is 25.1. The number of carbonyl (C=O) groups excluding carboxylic acids is 2. The maximum absolute atomic E-state index is 13.1. The Morgan fingerprint density at radius 1 is 1.12 bits per heavy atom. The fourth-order valence-corrected chi connectivity index (χ4v) is 4.70. The molecule has 0 aliphatic carbocycles. The summed E-state index contributed by atoms with van der Waals surface area (Å²) < 4.78 is 5.31. The molecule has 2 aromatic carbocycles. The van der Waals surface area contributed by atoms with E-state index in [9.17, 15) is 9.59 Å². The van der Waals surface area contributed by atoms with Gasteiger partial charge in [-0.15, -0.1) is 0 Å². The molecule has 0 aromatic heterocycles. The van der Waals surface area contributed by atoms with Gasteiger partial charge in [-0.05, 0) is 55.5 Å². The van der Waals surface area contributed by atoms with Crippen LogP contribution in [-0.4, -0.2) is 61.0 Å². The molecule has 0 saturated carbocycles. The molecule has 2 N–H and O–H groups in total. The normalized spacial score (nSPS) is 17.2. The number of nitrogens with one attached hydrogen (secondary N) is 2. The number of amides is 2. The number of thioether (sulfide) groups is 1. The summed E-state index contributed by atoms with van der Waals surface area (Å²) in [5.74, 6) is 0.862. The summed E-state index contributed by atoms with van der Waals surface area (Å²) in [6, 6.07) is 17.2. The molecule has 0 radical (unpaired) electrons. The van der Waals surface area contributed by atoms with Gasteiger partial charge in [0.15, 0.2) is 0 Å². The maximum Gasteiger partial charge on any atom is 0.255 e. The Hall–Kier alpha value is -2.51. The molecular formula is C26H35N3O3S. The van der Waals surface area contributed by atoms with Gasteiger partial charge >= 0.3 is 0 Å². The molecule has 7 heteroatoms. The quantitative estimate of drug-likeness (QED) is 0.525. The lowest BCUT2D eigenvalue weighted by Crippen LogP contribution is -2.51. The number of piperidine rings is 1. The van der Waals surface area contributed by atoms with Gasteiger partial charge in [-0.2, -0.15) is 11.8 Å². The van der Waals surface area contributed by atoms with E-state index >= 15 is 0 Å². The summed E-state index contributed by atoms with van der Waals surface area (Å²) in [7, 11) is 1.54. The first-order valence-corrected chi connectivity index (χ1v) is 13.0. The lowest BCUT2D eigenvalue weighted by molar-refractivity contribution is -0.123. The Balaban J connectivity index is 1.61. The molecule has 6 nitrogen and oxygen atoms in total. The van der Waals surface area contributed by atoms with Crippen LogP contribution in [-0.2, 0) is 11.3 Å². The van der Waals surface area contributed by atoms with Gasteiger partial charge in [-0.1, -0.05) is 48.9 Å². The van der Waals surface area contributed by atoms with Crippen LogP contribution < -0.4 is 15.4 Å². The molecular weight excluding hydrogens is 434 g/mol. The molecule has 2 amide bonds. The fourth-order valence-electron chi connectivity index (χ4n) is 4.23. The Labute approximate surface area is 201 Å². The largest absolute Gasteiger partial charge is 0.496 e. The molecule has 178 valence electrons. The molecule has 33 heavy (non-hydrogen) atoms. The monoisotopic (exact) mass is 469 g/mol. The van der Waals surface area contributed by atoms with Gasteiger partial charge in [0.05, 0.1) is 12.7 Å². The minimum atomic E-state index is -0.582. The van der Waals surface area contributed by atoms with Crippen molar-refractivity contribution in [2.75, 3.05) is 32.2 Å². The molecule has 2 aromatic rings. The van der Waals surface area contributed by atoms with Gasteiger partial charge < -0.3 is 15.4 Å². The number of rotatable bonds is 11. The van der Waals surface area contributed by atoms with E-state index in [1.54, 1.807) is 30.0 Å². The van der Waals surface area contributed by atoms with Crippen molar-refractivity contribution in [3.05, 3.63) is 65.7 Å². The van der Waals surface area contributed by atoms with Gasteiger partial charge in [0.1, 0.15) is 11.8 Å². The van der Waals surface area contributed by atoms with Crippen LogP contribution in [0.25, 0.3) is 0 Å². The van der Waals surface area contributed by atoms with Crippen LogP contribution in [0.5, 0.6) is 5.75 Å². The van der Waals surface area contributed by atoms with E-state index in [1.807, 2.05) is 18.4 Å². The fraction of sp³-hybridized carbons (Fsp3) is 0.462. The molecule has 1 aliphatic heterocycles. The van der Waals surface area contributed by atoms with Gasteiger partial charge in [0, 0.05) is 19.1 Å². The summed E-state index contributed by atoms with van der Waals surface area (Å²) in [4.78, 5) is 28.4. The highest BCUT2D eigenvalue weighted by molar-refractivity contribution is 7.98. The zero-order valence-corrected chi connectivity index (χ0v) is 20.4. The number of methoxy groups -OCH3 is 1. The number of para-hydroxylation sites is 1. The van der Waals surface area contributed by atoms with Crippen LogP contribution in [0, 0.1) is 0 Å². The molecule has 1 heterocycles. The summed E-state index contributed by atoms with van der Waals surface area (Å²) in [5.41, 5.74) is 1.72. The Morgan fingerprint density at radius 2 is 1.88 bits per heavy atom. The van der Waals surface area contributed by atoms with Gasteiger partial charge in [0.2, 0.25) is 5.91 Å². The average molecular weight is 470 g/mol. The first-order chi connectivity index (χ1) is 16.1. The van der Waals surface area contributed by atoms with E-state index in [0.717, 1.165) is 25.3 Å². The predicted octanol–water partition coefficient (Wildman–Crippen LogP) is 3.72. The summed E-state index contributed by atoms with van der Waals surface area (Å²) in [6.07, 6.45) is 6.00. The number of hydrogen-bond donors (Lipinski definition) is 2.